The summed E-state index contributed by atoms with van der Waals surface area (Å²) in [6.45, 7) is 0. The van der Waals surface area contributed by atoms with Crippen LogP contribution in [-0.4, -0.2) is 15.4 Å². The lowest BCUT2D eigenvalue weighted by Crippen LogP contribution is -1.86. The van der Waals surface area contributed by atoms with Crippen LogP contribution in [0.3, 0.4) is 0 Å². The minimum absolute atomic E-state index is 0.00463. The number of hydrogen-bond acceptors (Lipinski definition) is 4. The summed E-state index contributed by atoms with van der Waals surface area (Å²) in [5.41, 5.74) is 0.00463. The lowest BCUT2D eigenvalue weighted by molar-refractivity contribution is 0.854. The molecular weight excluding hydrogens is 104 g/mol. The topological polar surface area (TPSA) is 62.5 Å². The van der Waals surface area contributed by atoms with E-state index in [1.807, 2.05) is 0 Å². The molecule has 1 rings (SSSR count). The van der Waals surface area contributed by atoms with Gasteiger partial charge in [0.25, 0.3) is 0 Å². The van der Waals surface area contributed by atoms with Crippen molar-refractivity contribution in [2.75, 3.05) is 0 Å². The van der Waals surface area contributed by atoms with E-state index < -0.39 is 0 Å². The van der Waals surface area contributed by atoms with Crippen LogP contribution in [0.25, 0.3) is 0 Å². The van der Waals surface area contributed by atoms with Gasteiger partial charge in [0, 0.05) is 0 Å². The summed E-state index contributed by atoms with van der Waals surface area (Å²) in [4.78, 5) is 0. The van der Waals surface area contributed by atoms with Crippen molar-refractivity contribution >= 4 is 0 Å². The third-order valence-electron chi connectivity index (χ3n) is 0.561. The fourth-order valence-electron chi connectivity index (χ4n) is 0.270. The molecule has 0 amide bonds. The molecule has 8 heavy (non-hydrogen) atoms. The van der Waals surface area contributed by atoms with Gasteiger partial charge in [-0.05, 0) is 11.3 Å². The maximum absolute atomic E-state index is 8.22. The molecule has 0 radical (unpaired) electrons. The van der Waals surface area contributed by atoms with E-state index in [1.165, 1.54) is 6.20 Å². The Hall–Kier alpha value is -1.50. The van der Waals surface area contributed by atoms with Gasteiger partial charge in [-0.2, -0.15) is 5.26 Å². The molecule has 0 aliphatic rings. The Morgan fingerprint density at radius 3 is 3.25 bits per heavy atom. The molecular formula is C4H2N4. The second-order valence-electron chi connectivity index (χ2n) is 1.04. The second kappa shape index (κ2) is 1.98. The van der Waals surface area contributed by atoms with Crippen LogP contribution in [-0.2, 0) is 0 Å². The molecule has 1 heterocycles. The van der Waals surface area contributed by atoms with Gasteiger partial charge in [-0.1, -0.05) is 0 Å². The molecule has 0 aliphatic heterocycles. The summed E-state index contributed by atoms with van der Waals surface area (Å²) < 4.78 is 6.98. The molecule has 0 atom stereocenters. The second-order valence-corrected chi connectivity index (χ2v) is 1.04. The molecule has 0 spiro atoms. The number of nitrogens with zero attached hydrogens (tertiary/aromatic N) is 4. The Labute approximate surface area is 47.2 Å². The highest BCUT2D eigenvalue weighted by molar-refractivity contribution is 5.14. The maximum atomic E-state index is 8.22. The van der Waals surface area contributed by atoms with E-state index in [0.717, 1.165) is 0 Å². The smallest absolute Gasteiger partial charge is 0.166 e. The Bertz CT molecular complexity index is 253. The lowest BCUT2D eigenvalue weighted by Gasteiger charge is -1.76. The first kappa shape index (κ1) is 3.50. The van der Waals surface area contributed by atoms with E-state index in [0.29, 0.717) is 0 Å². The predicted octanol–water partition coefficient (Wildman–Crippen LogP) is -0.257. The summed E-state index contributed by atoms with van der Waals surface area (Å²) in [6.07, 6.45) is 1.17. The van der Waals surface area contributed by atoms with E-state index >= 15 is 0 Å². The third-order valence-corrected chi connectivity index (χ3v) is 0.561. The van der Waals surface area contributed by atoms with Gasteiger partial charge >= 0.3 is 0 Å². The zero-order valence-electron chi connectivity index (χ0n) is 4.87. The van der Waals surface area contributed by atoms with Crippen molar-refractivity contribution in [3.63, 3.8) is 0 Å². The minimum atomic E-state index is 0.00463. The molecule has 0 aliphatic carbocycles. The average Bonchev–Trinajstić information content (AvgIpc) is 1.89. The first-order valence-electron chi connectivity index (χ1n) is 2.39. The van der Waals surface area contributed by atoms with E-state index in [4.69, 9.17) is 6.63 Å². The van der Waals surface area contributed by atoms with Crippen molar-refractivity contribution in [1.29, 1.82) is 5.26 Å². The first-order chi connectivity index (χ1) is 4.34. The molecule has 1 aromatic rings. The highest BCUT2D eigenvalue weighted by Gasteiger charge is 1.84. The van der Waals surface area contributed by atoms with Gasteiger partial charge in [0.2, 0.25) is 0 Å². The van der Waals surface area contributed by atoms with Crippen LogP contribution < -0.4 is 0 Å². The van der Waals surface area contributed by atoms with Crippen molar-refractivity contribution in [2.24, 2.45) is 0 Å². The fourth-order valence-corrected chi connectivity index (χ4v) is 0.270. The van der Waals surface area contributed by atoms with Gasteiger partial charge < -0.3 is 0 Å². The summed E-state index contributed by atoms with van der Waals surface area (Å²) in [6, 6.07) is 1.70. The quantitative estimate of drug-likeness (QED) is 0.458. The SMILES string of the molecule is [2H]c1cnnnc1C#N. The van der Waals surface area contributed by atoms with Crippen molar-refractivity contribution in [3.8, 4) is 6.07 Å². The molecule has 0 N–H and O–H groups in total. The molecule has 0 saturated heterocycles. The summed E-state index contributed by atoms with van der Waals surface area (Å²) >= 11 is 0. The summed E-state index contributed by atoms with van der Waals surface area (Å²) in [5, 5.41) is 18.0. The zero-order valence-corrected chi connectivity index (χ0v) is 3.87. The van der Waals surface area contributed by atoms with Crippen LogP contribution in [0, 0.1) is 11.3 Å². The van der Waals surface area contributed by atoms with Gasteiger partial charge in [-0.25, -0.2) is 0 Å². The van der Waals surface area contributed by atoms with Crippen molar-refractivity contribution in [2.45, 2.75) is 0 Å². The number of nitriles is 1. The minimum Gasteiger partial charge on any atom is -0.191 e. The molecule has 4 nitrogen and oxygen atoms in total. The number of rotatable bonds is 0. The van der Waals surface area contributed by atoms with Gasteiger partial charge in [-0.3, -0.25) is 0 Å². The molecule has 4 heteroatoms. The Balaban J connectivity index is 3.20. The van der Waals surface area contributed by atoms with E-state index in [2.05, 4.69) is 15.4 Å². The highest BCUT2D eigenvalue weighted by atomic mass is 15.3. The van der Waals surface area contributed by atoms with E-state index in [-0.39, 0.29) is 11.7 Å². The van der Waals surface area contributed by atoms with Crippen molar-refractivity contribution < 1.29 is 1.37 Å². The van der Waals surface area contributed by atoms with Gasteiger partial charge in [0.15, 0.2) is 5.69 Å². The monoisotopic (exact) mass is 107 g/mol. The number of hydrogen-bond donors (Lipinski definition) is 0. The third kappa shape index (κ3) is 0.763. The molecule has 0 fully saturated rings. The average molecular weight is 107 g/mol. The molecule has 1 aromatic heterocycles. The number of aromatic nitrogens is 3. The summed E-state index contributed by atoms with van der Waals surface area (Å²) in [5.74, 6) is 0. The predicted molar refractivity (Wildman–Crippen MR) is 24.5 cm³/mol. The fraction of sp³-hybridized carbons (Fsp3) is 0. The maximum Gasteiger partial charge on any atom is 0.166 e. The molecule has 38 valence electrons. The van der Waals surface area contributed by atoms with Crippen LogP contribution in [0.1, 0.15) is 7.06 Å². The van der Waals surface area contributed by atoms with Crippen LogP contribution in [0.4, 0.5) is 0 Å². The Kier molecular flexibility index (Phi) is 0.865. The van der Waals surface area contributed by atoms with Gasteiger partial charge in [0.05, 0.1) is 7.57 Å². The lowest BCUT2D eigenvalue weighted by atomic mass is 10.5. The Morgan fingerprint density at radius 1 is 1.88 bits per heavy atom. The van der Waals surface area contributed by atoms with Crippen LogP contribution >= 0.6 is 0 Å². The molecule has 0 bridgehead atoms. The first-order valence-corrected chi connectivity index (χ1v) is 1.89. The van der Waals surface area contributed by atoms with Crippen LogP contribution in [0.15, 0.2) is 12.2 Å². The van der Waals surface area contributed by atoms with Gasteiger partial charge in [0.1, 0.15) is 6.07 Å². The van der Waals surface area contributed by atoms with Gasteiger partial charge in [-0.15, -0.1) is 10.2 Å². The molecule has 0 saturated carbocycles. The van der Waals surface area contributed by atoms with E-state index in [1.54, 1.807) is 6.07 Å². The largest absolute Gasteiger partial charge is 0.191 e. The summed E-state index contributed by atoms with van der Waals surface area (Å²) in [7, 11) is 0. The molecule has 0 aromatic carbocycles. The van der Waals surface area contributed by atoms with Crippen LogP contribution in [0.2, 0.25) is 0 Å². The zero-order chi connectivity index (χ0) is 6.69. The van der Waals surface area contributed by atoms with Crippen molar-refractivity contribution in [1.82, 2.24) is 15.4 Å². The van der Waals surface area contributed by atoms with E-state index in [9.17, 15) is 0 Å². The standard InChI is InChI=1S/C4H2N4/c5-3-4-1-2-6-8-7-4/h1-2H/i1D. The molecule has 0 unspecified atom stereocenters. The van der Waals surface area contributed by atoms with Crippen LogP contribution in [0.5, 0.6) is 0 Å². The van der Waals surface area contributed by atoms with Crippen molar-refractivity contribution in [3.05, 3.63) is 17.9 Å². The highest BCUT2D eigenvalue weighted by Crippen LogP contribution is 1.80. The Morgan fingerprint density at radius 2 is 2.75 bits per heavy atom. The normalized spacial score (nSPS) is 9.62.